The number of hydrogen-bond acceptors (Lipinski definition) is 4. The molecule has 1 aliphatic rings. The van der Waals surface area contributed by atoms with Crippen molar-refractivity contribution in [3.8, 4) is 0 Å². The van der Waals surface area contributed by atoms with Gasteiger partial charge in [-0.1, -0.05) is 34.1 Å². The van der Waals surface area contributed by atoms with E-state index in [2.05, 4.69) is 37.9 Å². The molecule has 0 radical (unpaired) electrons. The molecule has 126 valence electrons. The average Bonchev–Trinajstić information content (AvgIpc) is 2.47. The molecule has 1 heterocycles. The molecule has 4 nitrogen and oxygen atoms in total. The Hall–Kier alpha value is -0.160. The van der Waals surface area contributed by atoms with Crippen molar-refractivity contribution in [1.29, 1.82) is 0 Å². The zero-order valence-corrected chi connectivity index (χ0v) is 14.6. The van der Waals surface area contributed by atoms with Crippen molar-refractivity contribution in [2.45, 2.75) is 46.6 Å². The summed E-state index contributed by atoms with van der Waals surface area (Å²) in [5, 5.41) is 3.53. The summed E-state index contributed by atoms with van der Waals surface area (Å²) in [4.78, 5) is 2.47. The van der Waals surface area contributed by atoms with E-state index in [0.717, 1.165) is 70.8 Å². The van der Waals surface area contributed by atoms with Gasteiger partial charge in [-0.15, -0.1) is 0 Å². The van der Waals surface area contributed by atoms with Crippen molar-refractivity contribution in [3.63, 3.8) is 0 Å². The lowest BCUT2D eigenvalue weighted by atomic mass is 10.1. The predicted molar refractivity (Wildman–Crippen MR) is 88.8 cm³/mol. The SMILES string of the molecule is CCC(C)CNCC1CN(CCOCCC(C)C)CCO1. The third-order valence-electron chi connectivity index (χ3n) is 4.18. The summed E-state index contributed by atoms with van der Waals surface area (Å²) >= 11 is 0. The number of hydrogen-bond donors (Lipinski definition) is 1. The molecule has 0 bridgehead atoms. The Morgan fingerprint density at radius 1 is 1.29 bits per heavy atom. The van der Waals surface area contributed by atoms with Gasteiger partial charge in [0.15, 0.2) is 0 Å². The van der Waals surface area contributed by atoms with Gasteiger partial charge >= 0.3 is 0 Å². The monoisotopic (exact) mass is 300 g/mol. The minimum atomic E-state index is 0.332. The van der Waals surface area contributed by atoms with Crippen LogP contribution in [0.5, 0.6) is 0 Å². The van der Waals surface area contributed by atoms with E-state index < -0.39 is 0 Å². The molecule has 0 aromatic heterocycles. The first-order chi connectivity index (χ1) is 10.1. The van der Waals surface area contributed by atoms with E-state index in [0.29, 0.717) is 6.10 Å². The van der Waals surface area contributed by atoms with Crippen molar-refractivity contribution in [3.05, 3.63) is 0 Å². The van der Waals surface area contributed by atoms with Gasteiger partial charge in [-0.05, 0) is 24.8 Å². The fraction of sp³-hybridized carbons (Fsp3) is 1.00. The molecule has 1 fully saturated rings. The summed E-state index contributed by atoms with van der Waals surface area (Å²) in [6.07, 6.45) is 2.72. The molecule has 1 rings (SSSR count). The lowest BCUT2D eigenvalue weighted by molar-refractivity contribution is -0.0353. The Balaban J connectivity index is 2.06. The second-order valence-electron chi connectivity index (χ2n) is 6.76. The van der Waals surface area contributed by atoms with Crippen LogP contribution in [0.4, 0.5) is 0 Å². The second-order valence-corrected chi connectivity index (χ2v) is 6.76. The molecule has 0 spiro atoms. The number of rotatable bonds is 11. The van der Waals surface area contributed by atoms with Crippen molar-refractivity contribution >= 4 is 0 Å². The highest BCUT2D eigenvalue weighted by molar-refractivity contribution is 4.73. The first-order valence-electron chi connectivity index (χ1n) is 8.74. The van der Waals surface area contributed by atoms with E-state index in [4.69, 9.17) is 9.47 Å². The Kier molecular flexibility index (Phi) is 10.3. The van der Waals surface area contributed by atoms with E-state index in [1.54, 1.807) is 0 Å². The van der Waals surface area contributed by atoms with Gasteiger partial charge in [0, 0.05) is 32.8 Å². The van der Waals surface area contributed by atoms with E-state index >= 15 is 0 Å². The number of nitrogens with one attached hydrogen (secondary N) is 1. The molecule has 21 heavy (non-hydrogen) atoms. The molecule has 1 saturated heterocycles. The number of nitrogens with zero attached hydrogens (tertiary/aromatic N) is 1. The maximum Gasteiger partial charge on any atom is 0.0826 e. The standard InChI is InChI=1S/C17H36N2O2/c1-5-16(4)12-18-13-17-14-19(8-11-21-17)7-10-20-9-6-15(2)3/h15-18H,5-14H2,1-4H3. The zero-order valence-electron chi connectivity index (χ0n) is 14.6. The predicted octanol–water partition coefficient (Wildman–Crippen LogP) is 2.39. The molecule has 1 N–H and O–H groups in total. The Bertz CT molecular complexity index is 249. The highest BCUT2D eigenvalue weighted by Gasteiger charge is 2.19. The Morgan fingerprint density at radius 3 is 2.81 bits per heavy atom. The van der Waals surface area contributed by atoms with Crippen LogP contribution in [0, 0.1) is 11.8 Å². The zero-order chi connectivity index (χ0) is 15.5. The first kappa shape index (κ1) is 18.9. The molecule has 0 amide bonds. The first-order valence-corrected chi connectivity index (χ1v) is 8.74. The van der Waals surface area contributed by atoms with Crippen molar-refractivity contribution in [2.75, 3.05) is 52.5 Å². The average molecular weight is 300 g/mol. The van der Waals surface area contributed by atoms with E-state index in [9.17, 15) is 0 Å². The summed E-state index contributed by atoms with van der Waals surface area (Å²) in [5.41, 5.74) is 0. The second kappa shape index (κ2) is 11.4. The van der Waals surface area contributed by atoms with Crippen molar-refractivity contribution in [1.82, 2.24) is 10.2 Å². The molecule has 2 atom stereocenters. The summed E-state index contributed by atoms with van der Waals surface area (Å²) in [5.74, 6) is 1.48. The fourth-order valence-corrected chi connectivity index (χ4v) is 2.36. The van der Waals surface area contributed by atoms with Crippen LogP contribution in [0.3, 0.4) is 0 Å². The van der Waals surface area contributed by atoms with Gasteiger partial charge in [-0.2, -0.15) is 0 Å². The lowest BCUT2D eigenvalue weighted by Gasteiger charge is -2.33. The van der Waals surface area contributed by atoms with Crippen LogP contribution in [-0.4, -0.2) is 63.5 Å². The highest BCUT2D eigenvalue weighted by atomic mass is 16.5. The van der Waals surface area contributed by atoms with Crippen molar-refractivity contribution < 1.29 is 9.47 Å². The van der Waals surface area contributed by atoms with Crippen molar-refractivity contribution in [2.24, 2.45) is 11.8 Å². The Labute approximate surface area is 131 Å². The third-order valence-corrected chi connectivity index (χ3v) is 4.18. The minimum Gasteiger partial charge on any atom is -0.380 e. The largest absolute Gasteiger partial charge is 0.380 e. The van der Waals surface area contributed by atoms with Gasteiger partial charge in [0.05, 0.1) is 19.3 Å². The summed E-state index contributed by atoms with van der Waals surface area (Å²) < 4.78 is 11.5. The third kappa shape index (κ3) is 9.46. The minimum absolute atomic E-state index is 0.332. The summed E-state index contributed by atoms with van der Waals surface area (Å²) in [6.45, 7) is 16.7. The smallest absolute Gasteiger partial charge is 0.0826 e. The molecule has 0 saturated carbocycles. The van der Waals surface area contributed by atoms with E-state index in [1.165, 1.54) is 6.42 Å². The van der Waals surface area contributed by atoms with Gasteiger partial charge in [0.1, 0.15) is 0 Å². The molecule has 2 unspecified atom stereocenters. The maximum absolute atomic E-state index is 5.84. The Morgan fingerprint density at radius 2 is 2.10 bits per heavy atom. The molecule has 0 aromatic rings. The normalized spacial score (nSPS) is 21.9. The molecule has 0 aromatic carbocycles. The molecule has 4 heteroatoms. The molecular formula is C17H36N2O2. The van der Waals surface area contributed by atoms with Crippen LogP contribution in [0.2, 0.25) is 0 Å². The summed E-state index contributed by atoms with van der Waals surface area (Å²) in [7, 11) is 0. The van der Waals surface area contributed by atoms with Crippen LogP contribution in [0.15, 0.2) is 0 Å². The van der Waals surface area contributed by atoms with Gasteiger partial charge < -0.3 is 14.8 Å². The van der Waals surface area contributed by atoms with Gasteiger partial charge in [-0.25, -0.2) is 0 Å². The highest BCUT2D eigenvalue weighted by Crippen LogP contribution is 2.05. The van der Waals surface area contributed by atoms with Gasteiger partial charge in [0.2, 0.25) is 0 Å². The molecular weight excluding hydrogens is 264 g/mol. The van der Waals surface area contributed by atoms with Crippen LogP contribution in [-0.2, 0) is 9.47 Å². The van der Waals surface area contributed by atoms with Gasteiger partial charge in [0.25, 0.3) is 0 Å². The van der Waals surface area contributed by atoms with Crippen LogP contribution < -0.4 is 5.32 Å². The van der Waals surface area contributed by atoms with Crippen LogP contribution >= 0.6 is 0 Å². The molecule has 1 aliphatic heterocycles. The topological polar surface area (TPSA) is 33.7 Å². The quantitative estimate of drug-likeness (QED) is 0.594. The van der Waals surface area contributed by atoms with E-state index in [-0.39, 0.29) is 0 Å². The lowest BCUT2D eigenvalue weighted by Crippen LogP contribution is -2.47. The number of ether oxygens (including phenoxy) is 2. The van der Waals surface area contributed by atoms with Crippen LogP contribution in [0.1, 0.15) is 40.5 Å². The fourth-order valence-electron chi connectivity index (χ4n) is 2.36. The van der Waals surface area contributed by atoms with Gasteiger partial charge in [-0.3, -0.25) is 4.90 Å². The maximum atomic E-state index is 5.84. The van der Waals surface area contributed by atoms with Crippen LogP contribution in [0.25, 0.3) is 0 Å². The summed E-state index contributed by atoms with van der Waals surface area (Å²) in [6, 6.07) is 0. The number of morpholine rings is 1. The molecule has 0 aliphatic carbocycles. The van der Waals surface area contributed by atoms with E-state index in [1.807, 2.05) is 0 Å².